The van der Waals surface area contributed by atoms with Gasteiger partial charge in [0.25, 0.3) is 5.91 Å². The lowest BCUT2D eigenvalue weighted by molar-refractivity contribution is -0.114. The van der Waals surface area contributed by atoms with Crippen LogP contribution in [0.2, 0.25) is 0 Å². The van der Waals surface area contributed by atoms with Gasteiger partial charge in [-0.15, -0.1) is 0 Å². The van der Waals surface area contributed by atoms with E-state index in [1.165, 1.54) is 38.1 Å². The first kappa shape index (κ1) is 20.7. The van der Waals surface area contributed by atoms with Gasteiger partial charge in [-0.2, -0.15) is 15.1 Å². The number of thioether (sulfide) groups is 1. The Kier molecular flexibility index (Phi) is 5.51. The van der Waals surface area contributed by atoms with Gasteiger partial charge in [-0.25, -0.2) is 0 Å². The molecule has 9 heteroatoms. The van der Waals surface area contributed by atoms with Gasteiger partial charge in [0.15, 0.2) is 17.3 Å². The van der Waals surface area contributed by atoms with Crippen molar-refractivity contribution in [1.82, 2.24) is 5.01 Å². The number of ether oxygens (including phenoxy) is 3. The molecule has 0 bridgehead atoms. The number of amidine groups is 2. The summed E-state index contributed by atoms with van der Waals surface area (Å²) in [6.07, 6.45) is 1.57. The van der Waals surface area contributed by atoms with Crippen LogP contribution in [0.3, 0.4) is 0 Å². The number of nitrogens with one attached hydrogen (secondary N) is 1. The van der Waals surface area contributed by atoms with Gasteiger partial charge in [0.2, 0.25) is 10.9 Å². The number of rotatable bonds is 5. The molecule has 1 N–H and O–H groups in total. The molecule has 0 unspecified atom stereocenters. The zero-order valence-corrected chi connectivity index (χ0v) is 18.2. The van der Waals surface area contributed by atoms with Crippen molar-refractivity contribution < 1.29 is 19.0 Å². The molecule has 0 fully saturated rings. The molecule has 0 saturated carbocycles. The quantitative estimate of drug-likeness (QED) is 0.718. The summed E-state index contributed by atoms with van der Waals surface area (Å²) >= 11 is 1.28. The second-order valence-electron chi connectivity index (χ2n) is 6.70. The summed E-state index contributed by atoms with van der Waals surface area (Å²) in [6.45, 7) is 1.99. The monoisotopic (exact) mass is 436 g/mol. The first-order valence-electron chi connectivity index (χ1n) is 9.33. The Hall–Kier alpha value is -3.59. The van der Waals surface area contributed by atoms with Crippen LogP contribution in [0, 0.1) is 12.3 Å². The highest BCUT2D eigenvalue weighted by Gasteiger charge is 2.36. The third-order valence-electron chi connectivity index (χ3n) is 4.83. The van der Waals surface area contributed by atoms with Crippen LogP contribution < -0.4 is 14.2 Å². The highest BCUT2D eigenvalue weighted by molar-refractivity contribution is 8.27. The zero-order valence-electron chi connectivity index (χ0n) is 17.4. The number of hydrazone groups is 1. The van der Waals surface area contributed by atoms with Crippen LogP contribution in [0.5, 0.6) is 17.2 Å². The molecule has 2 aromatic rings. The fourth-order valence-corrected chi connectivity index (χ4v) is 4.25. The van der Waals surface area contributed by atoms with E-state index in [-0.39, 0.29) is 11.4 Å². The van der Waals surface area contributed by atoms with Gasteiger partial charge >= 0.3 is 0 Å². The number of hydrogen-bond acceptors (Lipinski definition) is 7. The summed E-state index contributed by atoms with van der Waals surface area (Å²) in [4.78, 5) is 16.9. The van der Waals surface area contributed by atoms with E-state index in [1.54, 1.807) is 18.2 Å². The van der Waals surface area contributed by atoms with E-state index >= 15 is 0 Å². The molecule has 0 saturated heterocycles. The van der Waals surface area contributed by atoms with Crippen molar-refractivity contribution in [3.05, 3.63) is 58.7 Å². The number of methoxy groups -OCH3 is 3. The maximum Gasteiger partial charge on any atom is 0.283 e. The predicted molar refractivity (Wildman–Crippen MR) is 121 cm³/mol. The highest BCUT2D eigenvalue weighted by Crippen LogP contribution is 2.39. The third kappa shape index (κ3) is 3.68. The second-order valence-corrected chi connectivity index (χ2v) is 7.65. The molecular formula is C22H20N4O4S. The smallest absolute Gasteiger partial charge is 0.283 e. The normalized spacial score (nSPS) is 16.8. The SMILES string of the molecule is COc1cc(/C=C2/C(=N)N3N=C(c4ccccc4C)SC3=NC2=O)cc(OC)c1OC. The average molecular weight is 436 g/mol. The molecule has 1 amide bonds. The molecule has 2 aromatic carbocycles. The molecule has 0 spiro atoms. The highest BCUT2D eigenvalue weighted by atomic mass is 32.2. The molecule has 0 atom stereocenters. The van der Waals surface area contributed by atoms with E-state index in [2.05, 4.69) is 10.1 Å². The number of aliphatic imine (C=N–C) groups is 1. The van der Waals surface area contributed by atoms with Crippen LogP contribution in [-0.4, -0.2) is 48.3 Å². The van der Waals surface area contributed by atoms with E-state index < -0.39 is 5.91 Å². The average Bonchev–Trinajstić information content (AvgIpc) is 3.19. The Morgan fingerprint density at radius 2 is 1.74 bits per heavy atom. The summed E-state index contributed by atoms with van der Waals surface area (Å²) in [5.74, 6) is 0.799. The lowest BCUT2D eigenvalue weighted by Crippen LogP contribution is -2.35. The fraction of sp³-hybridized carbons (Fsp3) is 0.182. The molecule has 2 heterocycles. The van der Waals surface area contributed by atoms with E-state index in [4.69, 9.17) is 19.6 Å². The van der Waals surface area contributed by atoms with Gasteiger partial charge in [0, 0.05) is 5.56 Å². The van der Waals surface area contributed by atoms with Crippen molar-refractivity contribution in [2.45, 2.75) is 6.92 Å². The standard InChI is InChI=1S/C22H20N4O4S/c1-12-7-5-6-8-14(12)21-25-26-19(23)15(20(27)24-22(26)31-21)9-13-10-16(28-2)18(30-4)17(11-13)29-3/h5-11,23H,1-4H3/b15-9-,23-19?. The van der Waals surface area contributed by atoms with Crippen LogP contribution in [0.1, 0.15) is 16.7 Å². The Morgan fingerprint density at radius 1 is 1.06 bits per heavy atom. The van der Waals surface area contributed by atoms with Crippen molar-refractivity contribution in [2.75, 3.05) is 21.3 Å². The lowest BCUT2D eigenvalue weighted by Gasteiger charge is -2.20. The summed E-state index contributed by atoms with van der Waals surface area (Å²) in [5.41, 5.74) is 2.73. The van der Waals surface area contributed by atoms with E-state index in [1.807, 2.05) is 31.2 Å². The largest absolute Gasteiger partial charge is 0.493 e. The molecule has 0 aromatic heterocycles. The molecule has 31 heavy (non-hydrogen) atoms. The molecule has 2 aliphatic rings. The molecule has 2 aliphatic heterocycles. The van der Waals surface area contributed by atoms with Crippen molar-refractivity contribution in [1.29, 1.82) is 5.41 Å². The van der Waals surface area contributed by atoms with Gasteiger partial charge in [-0.05, 0) is 48.0 Å². The Balaban J connectivity index is 1.73. The Bertz CT molecular complexity index is 1160. The third-order valence-corrected chi connectivity index (χ3v) is 5.77. The Labute approximate surface area is 183 Å². The van der Waals surface area contributed by atoms with Crippen LogP contribution in [0.4, 0.5) is 0 Å². The van der Waals surface area contributed by atoms with Gasteiger partial charge < -0.3 is 14.2 Å². The molecule has 0 radical (unpaired) electrons. The summed E-state index contributed by atoms with van der Waals surface area (Å²) in [5, 5.41) is 15.6. The Morgan fingerprint density at radius 3 is 2.35 bits per heavy atom. The summed E-state index contributed by atoms with van der Waals surface area (Å²) < 4.78 is 16.1. The number of aryl methyl sites for hydroxylation is 1. The number of hydrogen-bond donors (Lipinski definition) is 1. The number of benzene rings is 2. The molecule has 8 nitrogen and oxygen atoms in total. The predicted octanol–water partition coefficient (Wildman–Crippen LogP) is 3.69. The van der Waals surface area contributed by atoms with Crippen LogP contribution in [-0.2, 0) is 4.79 Å². The van der Waals surface area contributed by atoms with E-state index in [0.717, 1.165) is 11.1 Å². The van der Waals surface area contributed by atoms with Crippen LogP contribution in [0.15, 0.2) is 52.1 Å². The summed E-state index contributed by atoms with van der Waals surface area (Å²) in [7, 11) is 4.55. The number of nitrogens with zero attached hydrogens (tertiary/aromatic N) is 3. The van der Waals surface area contributed by atoms with Crippen molar-refractivity contribution in [2.24, 2.45) is 10.1 Å². The van der Waals surface area contributed by atoms with Crippen molar-refractivity contribution >= 4 is 39.8 Å². The van der Waals surface area contributed by atoms with Crippen LogP contribution in [0.25, 0.3) is 6.08 Å². The first-order valence-corrected chi connectivity index (χ1v) is 10.1. The number of amides is 1. The molecule has 0 aliphatic carbocycles. The van der Waals surface area contributed by atoms with Gasteiger partial charge in [-0.3, -0.25) is 10.2 Å². The van der Waals surface area contributed by atoms with E-state index in [9.17, 15) is 4.79 Å². The maximum atomic E-state index is 12.7. The van der Waals surface area contributed by atoms with E-state index in [0.29, 0.717) is 33.0 Å². The van der Waals surface area contributed by atoms with Gasteiger partial charge in [-0.1, -0.05) is 24.3 Å². The minimum atomic E-state index is -0.501. The molecular weight excluding hydrogens is 416 g/mol. The molecule has 158 valence electrons. The maximum absolute atomic E-state index is 12.7. The van der Waals surface area contributed by atoms with Gasteiger partial charge in [0.1, 0.15) is 5.04 Å². The first-order chi connectivity index (χ1) is 15.0. The topological polar surface area (TPSA) is 96.6 Å². The number of carbonyl (C=O) groups is 1. The molecule has 4 rings (SSSR count). The van der Waals surface area contributed by atoms with Gasteiger partial charge in [0.05, 0.1) is 26.9 Å². The summed E-state index contributed by atoms with van der Waals surface area (Å²) in [6, 6.07) is 11.2. The zero-order chi connectivity index (χ0) is 22.1. The fourth-order valence-electron chi connectivity index (χ4n) is 3.27. The van der Waals surface area contributed by atoms with Crippen LogP contribution >= 0.6 is 11.8 Å². The minimum Gasteiger partial charge on any atom is -0.493 e. The number of fused-ring (bicyclic) bond motifs is 1. The van der Waals surface area contributed by atoms with Crippen molar-refractivity contribution in [3.63, 3.8) is 0 Å². The number of carbonyl (C=O) groups excluding carboxylic acids is 1. The minimum absolute atomic E-state index is 0.0418. The lowest BCUT2D eigenvalue weighted by atomic mass is 10.1. The van der Waals surface area contributed by atoms with Crippen molar-refractivity contribution in [3.8, 4) is 17.2 Å². The second kappa shape index (κ2) is 8.27.